The van der Waals surface area contributed by atoms with Crippen molar-refractivity contribution < 1.29 is 41.7 Å². The Morgan fingerprint density at radius 3 is 1.40 bits per heavy atom. The van der Waals surface area contributed by atoms with E-state index < -0.39 is 0 Å². The third kappa shape index (κ3) is 14.1. The molecule has 0 aliphatic heterocycles. The van der Waals surface area contributed by atoms with Crippen molar-refractivity contribution in [2.24, 2.45) is 11.8 Å². The number of hydrogen-bond acceptors (Lipinski definition) is 1. The van der Waals surface area contributed by atoms with E-state index in [1.54, 1.807) is 0 Å². The molecule has 0 aromatic carbocycles. The molecule has 0 spiro atoms. The maximum Gasteiger partial charge on any atom is 2.00 e. The van der Waals surface area contributed by atoms with Gasteiger partial charge in [-0.15, -0.1) is 0 Å². The van der Waals surface area contributed by atoms with Crippen LogP contribution in [0.4, 0.5) is 0 Å². The van der Waals surface area contributed by atoms with Crippen molar-refractivity contribution in [3.05, 3.63) is 6.42 Å². The second-order valence-corrected chi connectivity index (χ2v) is 6.12. The molecule has 0 amide bonds. The van der Waals surface area contributed by atoms with Gasteiger partial charge < -0.3 is 11.5 Å². The van der Waals surface area contributed by atoms with Gasteiger partial charge in [0.2, 0.25) is 0 Å². The molecule has 2 fully saturated rings. The molecule has 0 radical (unpaired) electrons. The Balaban J connectivity index is -0.000000247. The summed E-state index contributed by atoms with van der Waals surface area (Å²) in [6, 6.07) is 0. The average molecular weight is 377 g/mol. The minimum atomic E-state index is -0.0394. The van der Waals surface area contributed by atoms with Crippen LogP contribution < -0.4 is 0 Å². The largest absolute Gasteiger partial charge is 2.00 e. The van der Waals surface area contributed by atoms with E-state index in [4.69, 9.17) is 0 Å². The molecule has 0 aromatic heterocycles. The van der Waals surface area contributed by atoms with E-state index in [1.165, 1.54) is 57.8 Å². The van der Waals surface area contributed by atoms with Gasteiger partial charge in [0, 0.05) is 19.5 Å². The predicted octanol–water partition coefficient (Wildman–Crippen LogP) is 5.37. The summed E-state index contributed by atoms with van der Waals surface area (Å²) in [5.74, 6) is 1.06. The molecule has 2 aliphatic carbocycles. The second kappa shape index (κ2) is 18.2. The molecule has 1 nitrogen and oxygen atoms in total. The van der Waals surface area contributed by atoms with Crippen LogP contribution in [0.2, 0.25) is 0 Å². The van der Waals surface area contributed by atoms with Crippen molar-refractivity contribution in [3.8, 4) is 0 Å². The molecule has 3 heteroatoms. The summed E-state index contributed by atoms with van der Waals surface area (Å²) in [5.41, 5.74) is 0. The van der Waals surface area contributed by atoms with Crippen molar-refractivity contribution in [1.82, 2.24) is 0 Å². The summed E-state index contributed by atoms with van der Waals surface area (Å²) in [4.78, 5) is 0. The number of aliphatic hydroxyl groups is 1. The van der Waals surface area contributed by atoms with Crippen LogP contribution in [-0.4, -0.2) is 11.2 Å². The zero-order valence-corrected chi connectivity index (χ0v) is 18.3. The summed E-state index contributed by atoms with van der Waals surface area (Å²) in [6.45, 7) is 8.20. The third-order valence-corrected chi connectivity index (χ3v) is 3.82. The molecule has 1 N–H and O–H groups in total. The van der Waals surface area contributed by atoms with E-state index in [1.807, 2.05) is 20.3 Å². The number of aliphatic hydroxyl groups excluding tert-OH is 1. The van der Waals surface area contributed by atoms with E-state index in [0.717, 1.165) is 0 Å². The van der Waals surface area contributed by atoms with Crippen LogP contribution in [0.1, 0.15) is 85.5 Å². The Morgan fingerprint density at radius 1 is 0.850 bits per heavy atom. The topological polar surface area (TPSA) is 20.2 Å². The van der Waals surface area contributed by atoms with Crippen LogP contribution in [0.5, 0.6) is 0 Å². The normalized spacial score (nSPS) is 18.9. The minimum absolute atomic E-state index is 0. The summed E-state index contributed by atoms with van der Waals surface area (Å²) in [7, 11) is 0. The Morgan fingerprint density at radius 2 is 1.15 bits per heavy atom. The Labute approximate surface area is 151 Å². The molecular weight excluding hydrogens is 341 g/mol. The fourth-order valence-electron chi connectivity index (χ4n) is 2.73. The summed E-state index contributed by atoms with van der Waals surface area (Å²) in [6.07, 6.45) is 14.6. The van der Waals surface area contributed by atoms with Gasteiger partial charge in [0.05, 0.1) is 6.10 Å². The Kier molecular flexibility index (Phi) is 23.6. The van der Waals surface area contributed by atoms with E-state index in [2.05, 4.69) is 13.8 Å². The van der Waals surface area contributed by atoms with Crippen molar-refractivity contribution in [3.63, 3.8) is 0 Å². The van der Waals surface area contributed by atoms with Crippen molar-refractivity contribution in [2.75, 3.05) is 0 Å². The first kappa shape index (κ1) is 26.0. The second-order valence-electron chi connectivity index (χ2n) is 6.12. The molecule has 2 aliphatic rings. The molecule has 2 rings (SSSR count). The monoisotopic (exact) mass is 375 g/mol. The number of hydrogen-bond donors (Lipinski definition) is 1. The molecule has 0 saturated heterocycles. The van der Waals surface area contributed by atoms with E-state index in [-0.39, 0.29) is 42.7 Å². The summed E-state index contributed by atoms with van der Waals surface area (Å²) in [5, 5.41) is 9.63. The molecule has 0 aromatic rings. The van der Waals surface area contributed by atoms with E-state index in [0.29, 0.717) is 11.8 Å². The van der Waals surface area contributed by atoms with Crippen molar-refractivity contribution in [2.45, 2.75) is 91.6 Å². The van der Waals surface area contributed by atoms with Crippen LogP contribution in [-0.2, 0) is 36.5 Å². The van der Waals surface area contributed by atoms with Gasteiger partial charge in [-0.05, 0) is 24.7 Å². The van der Waals surface area contributed by atoms with Gasteiger partial charge in [0.25, 0.3) is 0 Å². The smallest absolute Gasteiger partial charge is 0.393 e. The van der Waals surface area contributed by atoms with Crippen molar-refractivity contribution in [1.29, 1.82) is 0 Å². The van der Waals surface area contributed by atoms with Crippen molar-refractivity contribution >= 4 is 0 Å². The molecule has 1 atom stereocenters. The first-order chi connectivity index (χ1) is 8.63. The summed E-state index contributed by atoms with van der Waals surface area (Å²) < 4.78 is 0. The summed E-state index contributed by atoms with van der Waals surface area (Å²) >= 11 is 0. The predicted molar refractivity (Wildman–Crippen MR) is 81.5 cm³/mol. The van der Waals surface area contributed by atoms with E-state index in [9.17, 15) is 5.11 Å². The molecule has 2 saturated carbocycles. The van der Waals surface area contributed by atoms with Gasteiger partial charge >= 0.3 is 17.1 Å². The van der Waals surface area contributed by atoms with Crippen LogP contribution >= 0.6 is 0 Å². The first-order valence-electron chi connectivity index (χ1n) is 8.05. The van der Waals surface area contributed by atoms with Gasteiger partial charge in [0.15, 0.2) is 0 Å². The fraction of sp³-hybridized carbons (Fsp3) is 0.941. The van der Waals surface area contributed by atoms with Gasteiger partial charge in [-0.2, -0.15) is 13.8 Å². The first-order valence-corrected chi connectivity index (χ1v) is 8.05. The van der Waals surface area contributed by atoms with Crippen LogP contribution in [0, 0.1) is 18.3 Å². The molecular formula is C17H35FeOZn+. The Bertz CT molecular complexity index is 159. The van der Waals surface area contributed by atoms with Crippen LogP contribution in [0.25, 0.3) is 0 Å². The van der Waals surface area contributed by atoms with Crippen LogP contribution in [0.15, 0.2) is 0 Å². The third-order valence-electron chi connectivity index (χ3n) is 3.82. The zero-order chi connectivity index (χ0) is 13.8. The molecule has 118 valence electrons. The van der Waals surface area contributed by atoms with Gasteiger partial charge in [-0.25, -0.2) is 0 Å². The van der Waals surface area contributed by atoms with Gasteiger partial charge in [-0.3, -0.25) is 0 Å². The molecule has 0 bridgehead atoms. The van der Waals surface area contributed by atoms with Gasteiger partial charge in [-0.1, -0.05) is 58.8 Å². The number of rotatable bonds is 2. The van der Waals surface area contributed by atoms with Crippen LogP contribution in [0.3, 0.4) is 0 Å². The van der Waals surface area contributed by atoms with Gasteiger partial charge in [0.1, 0.15) is 0 Å². The van der Waals surface area contributed by atoms with E-state index >= 15 is 0 Å². The minimum Gasteiger partial charge on any atom is -0.393 e. The average Bonchev–Trinajstić information content (AvgIpc) is 3.05. The molecule has 20 heavy (non-hydrogen) atoms. The fourth-order valence-corrected chi connectivity index (χ4v) is 2.73. The molecule has 0 unspecified atom stereocenters. The maximum atomic E-state index is 9.63. The quantitative estimate of drug-likeness (QED) is 0.507. The standard InChI is InChI=1S/C9H18O.C5H10.C3H7.Fe.Zn/c1-7(2)9(10)8-5-3-4-6-8;1-2-4-5-3-1;1-3-2;;/h7-10H,3-6H2,1-2H3;1-5H2;3H,1-2H3;;/q;;-1;+2;/t9-;;;;/m0..../s1. The molecule has 0 heterocycles. The zero-order valence-electron chi connectivity index (χ0n) is 14.2. The Hall–Kier alpha value is 1.10. The maximum absolute atomic E-state index is 9.63. The SMILES string of the molecule is C1CCCC1.CC(C)[C@H](O)C1CCCC1.C[CH-]C.[Fe+2].[Zn].